The predicted octanol–water partition coefficient (Wildman–Crippen LogP) is -0.0202. The first kappa shape index (κ1) is 12.3. The van der Waals surface area contributed by atoms with Gasteiger partial charge in [0.15, 0.2) is 12.1 Å². The van der Waals surface area contributed by atoms with Gasteiger partial charge < -0.3 is 24.8 Å². The Hall–Kier alpha value is -0.200. The molecule has 0 bridgehead atoms. The van der Waals surface area contributed by atoms with Gasteiger partial charge in [0.1, 0.15) is 6.10 Å². The average molecular weight is 232 g/mol. The van der Waals surface area contributed by atoms with Gasteiger partial charge in [-0.1, -0.05) is 6.92 Å². The average Bonchev–Trinajstić information content (AvgIpc) is 2.78. The Morgan fingerprint density at radius 1 is 1.38 bits per heavy atom. The van der Waals surface area contributed by atoms with E-state index in [-0.39, 0.29) is 12.5 Å². The molecule has 1 aliphatic heterocycles. The summed E-state index contributed by atoms with van der Waals surface area (Å²) >= 11 is 0. The molecule has 0 aromatic rings. The lowest BCUT2D eigenvalue weighted by atomic mass is 10.0. The van der Waals surface area contributed by atoms with Crippen LogP contribution in [0, 0.1) is 5.92 Å². The van der Waals surface area contributed by atoms with Crippen molar-refractivity contribution in [3.8, 4) is 0 Å². The van der Waals surface area contributed by atoms with Crippen LogP contribution in [0.25, 0.3) is 0 Å². The lowest BCUT2D eigenvalue weighted by Gasteiger charge is -2.28. The van der Waals surface area contributed by atoms with Gasteiger partial charge >= 0.3 is 0 Å². The Kier molecular flexibility index (Phi) is 3.51. The van der Waals surface area contributed by atoms with Gasteiger partial charge in [0.05, 0.1) is 12.7 Å². The second-order valence-corrected chi connectivity index (χ2v) is 4.85. The van der Waals surface area contributed by atoms with Crippen LogP contribution < -0.4 is 0 Å². The summed E-state index contributed by atoms with van der Waals surface area (Å²) in [5.41, 5.74) is 0. The van der Waals surface area contributed by atoms with Crippen LogP contribution in [0.15, 0.2) is 0 Å². The van der Waals surface area contributed by atoms with Crippen LogP contribution in [-0.2, 0) is 9.47 Å². The van der Waals surface area contributed by atoms with Gasteiger partial charge in [-0.25, -0.2) is 0 Å². The minimum Gasteiger partial charge on any atom is -0.394 e. The Balaban J connectivity index is 1.95. The van der Waals surface area contributed by atoms with Crippen molar-refractivity contribution in [2.45, 2.75) is 56.9 Å². The zero-order valence-electron chi connectivity index (χ0n) is 9.50. The maximum absolute atomic E-state index is 10.1. The van der Waals surface area contributed by atoms with Crippen LogP contribution in [0.2, 0.25) is 0 Å². The summed E-state index contributed by atoms with van der Waals surface area (Å²) in [5.74, 6) is -1.34. The van der Waals surface area contributed by atoms with Gasteiger partial charge in [-0.3, -0.25) is 0 Å². The SMILES string of the molecule is C[C@@H]1[C@H](OC2(O)CCCC2)O[C@@H](CO)[C@H]1O. The summed E-state index contributed by atoms with van der Waals surface area (Å²) in [5, 5.41) is 28.8. The van der Waals surface area contributed by atoms with Crippen LogP contribution >= 0.6 is 0 Å². The summed E-state index contributed by atoms with van der Waals surface area (Å²) < 4.78 is 10.9. The predicted molar refractivity (Wildman–Crippen MR) is 55.4 cm³/mol. The van der Waals surface area contributed by atoms with Crippen molar-refractivity contribution in [1.29, 1.82) is 0 Å². The van der Waals surface area contributed by atoms with E-state index in [1.807, 2.05) is 0 Å². The van der Waals surface area contributed by atoms with E-state index in [1.54, 1.807) is 6.92 Å². The van der Waals surface area contributed by atoms with E-state index < -0.39 is 24.3 Å². The molecule has 1 saturated carbocycles. The first-order valence-electron chi connectivity index (χ1n) is 5.90. The van der Waals surface area contributed by atoms with Gasteiger partial charge in [-0.2, -0.15) is 0 Å². The second kappa shape index (κ2) is 4.58. The number of hydrogen-bond acceptors (Lipinski definition) is 5. The maximum atomic E-state index is 10.1. The third-order valence-electron chi connectivity index (χ3n) is 3.56. The molecule has 5 heteroatoms. The maximum Gasteiger partial charge on any atom is 0.168 e. The number of hydrogen-bond donors (Lipinski definition) is 3. The van der Waals surface area contributed by atoms with E-state index in [2.05, 4.69) is 0 Å². The number of aliphatic hydroxyl groups excluding tert-OH is 2. The first-order valence-corrected chi connectivity index (χ1v) is 5.90. The zero-order valence-corrected chi connectivity index (χ0v) is 9.50. The topological polar surface area (TPSA) is 79.2 Å². The van der Waals surface area contributed by atoms with Crippen LogP contribution in [0.1, 0.15) is 32.6 Å². The molecule has 4 atom stereocenters. The molecule has 1 heterocycles. The number of ether oxygens (including phenoxy) is 2. The smallest absolute Gasteiger partial charge is 0.168 e. The Morgan fingerprint density at radius 3 is 2.50 bits per heavy atom. The van der Waals surface area contributed by atoms with E-state index in [4.69, 9.17) is 14.6 Å². The summed E-state index contributed by atoms with van der Waals surface area (Å²) in [6.45, 7) is 1.56. The Bertz CT molecular complexity index is 239. The molecule has 5 nitrogen and oxygen atoms in total. The van der Waals surface area contributed by atoms with E-state index in [1.165, 1.54) is 0 Å². The van der Waals surface area contributed by atoms with Crippen molar-refractivity contribution < 1.29 is 24.8 Å². The molecule has 2 aliphatic rings. The number of aliphatic hydroxyl groups is 3. The normalized spacial score (nSPS) is 42.8. The summed E-state index contributed by atoms with van der Waals surface area (Å²) in [6.07, 6.45) is 1.15. The van der Waals surface area contributed by atoms with E-state index in [9.17, 15) is 10.2 Å². The van der Waals surface area contributed by atoms with Crippen molar-refractivity contribution >= 4 is 0 Å². The quantitative estimate of drug-likeness (QED) is 0.596. The van der Waals surface area contributed by atoms with Crippen molar-refractivity contribution in [3.63, 3.8) is 0 Å². The van der Waals surface area contributed by atoms with E-state index in [0.717, 1.165) is 12.8 Å². The van der Waals surface area contributed by atoms with Crippen LogP contribution in [0.5, 0.6) is 0 Å². The van der Waals surface area contributed by atoms with Crippen LogP contribution in [-0.4, -0.2) is 46.2 Å². The van der Waals surface area contributed by atoms with Gasteiger partial charge in [-0.15, -0.1) is 0 Å². The molecule has 0 amide bonds. The molecule has 3 N–H and O–H groups in total. The number of rotatable bonds is 3. The highest BCUT2D eigenvalue weighted by molar-refractivity contribution is 4.86. The van der Waals surface area contributed by atoms with Crippen molar-refractivity contribution in [2.24, 2.45) is 5.92 Å². The van der Waals surface area contributed by atoms with Crippen LogP contribution in [0.3, 0.4) is 0 Å². The molecule has 2 fully saturated rings. The summed E-state index contributed by atoms with van der Waals surface area (Å²) in [4.78, 5) is 0. The molecule has 1 saturated heterocycles. The minimum absolute atomic E-state index is 0.232. The second-order valence-electron chi connectivity index (χ2n) is 4.85. The monoisotopic (exact) mass is 232 g/mol. The highest BCUT2D eigenvalue weighted by atomic mass is 16.8. The fraction of sp³-hybridized carbons (Fsp3) is 1.00. The van der Waals surface area contributed by atoms with Gasteiger partial charge in [0.25, 0.3) is 0 Å². The molecule has 94 valence electrons. The molecular formula is C11H20O5. The van der Waals surface area contributed by atoms with E-state index >= 15 is 0 Å². The summed E-state index contributed by atoms with van der Waals surface area (Å²) in [6, 6.07) is 0. The minimum atomic E-state index is -1.11. The lowest BCUT2D eigenvalue weighted by molar-refractivity contribution is -0.291. The Labute approximate surface area is 95.0 Å². The van der Waals surface area contributed by atoms with Gasteiger partial charge in [0, 0.05) is 18.8 Å². The fourth-order valence-corrected chi connectivity index (χ4v) is 2.42. The highest BCUT2D eigenvalue weighted by Crippen LogP contribution is 2.36. The highest BCUT2D eigenvalue weighted by Gasteiger charge is 2.45. The zero-order chi connectivity index (χ0) is 11.8. The first-order chi connectivity index (χ1) is 7.56. The largest absolute Gasteiger partial charge is 0.394 e. The third kappa shape index (κ3) is 2.24. The summed E-state index contributed by atoms with van der Waals surface area (Å²) in [7, 11) is 0. The van der Waals surface area contributed by atoms with Crippen LogP contribution in [0.4, 0.5) is 0 Å². The molecule has 2 rings (SSSR count). The molecule has 1 aliphatic carbocycles. The van der Waals surface area contributed by atoms with Gasteiger partial charge in [0.2, 0.25) is 0 Å². The molecule has 0 aromatic carbocycles. The fourth-order valence-electron chi connectivity index (χ4n) is 2.42. The van der Waals surface area contributed by atoms with E-state index in [0.29, 0.717) is 12.8 Å². The molecule has 16 heavy (non-hydrogen) atoms. The molecule has 0 unspecified atom stereocenters. The molecule has 0 spiro atoms. The standard InChI is InChI=1S/C11H20O5/c1-7-9(13)8(6-12)15-10(7)16-11(14)4-2-3-5-11/h7-10,12-14H,2-6H2,1H3/t7-,8-,9-,10-/m0/s1. The Morgan fingerprint density at radius 2 is 2.00 bits per heavy atom. The van der Waals surface area contributed by atoms with Crippen molar-refractivity contribution in [1.82, 2.24) is 0 Å². The van der Waals surface area contributed by atoms with Gasteiger partial charge in [-0.05, 0) is 12.8 Å². The molecule has 0 aromatic heterocycles. The third-order valence-corrected chi connectivity index (χ3v) is 3.56. The molecular weight excluding hydrogens is 212 g/mol. The van der Waals surface area contributed by atoms with Crippen molar-refractivity contribution in [2.75, 3.05) is 6.61 Å². The lowest BCUT2D eigenvalue weighted by Crippen LogP contribution is -2.36. The van der Waals surface area contributed by atoms with Crippen molar-refractivity contribution in [3.05, 3.63) is 0 Å². The molecule has 0 radical (unpaired) electrons.